The Hall–Kier alpha value is -4.94. The average Bonchev–Trinajstić information content (AvgIpc) is 3.75. The molecular weight excluding hydrogens is 625 g/mol. The molecule has 0 aromatic carbocycles. The van der Waals surface area contributed by atoms with Crippen molar-refractivity contribution < 1.29 is 37.0 Å². The van der Waals surface area contributed by atoms with Crippen molar-refractivity contribution >= 4 is 50.1 Å². The Kier molecular flexibility index (Phi) is 7.95. The number of hydrogen-bond donors (Lipinski definition) is 2. The van der Waals surface area contributed by atoms with Crippen LogP contribution >= 0.6 is 11.3 Å². The molecule has 3 N–H and O–H groups in total. The first-order chi connectivity index (χ1) is 21.8. The molecule has 1 aliphatic heterocycles. The largest absolute Gasteiger partial charge is 0.490 e. The first-order valence-corrected chi connectivity index (χ1v) is 15.0. The summed E-state index contributed by atoms with van der Waals surface area (Å²) in [6.07, 6.45) is 4.48. The highest BCUT2D eigenvalue weighted by Crippen LogP contribution is 2.43. The predicted molar refractivity (Wildman–Crippen MR) is 163 cm³/mol. The normalized spacial score (nSPS) is 14.4. The molecule has 0 unspecified atom stereocenters. The molecule has 0 bridgehead atoms. The van der Waals surface area contributed by atoms with Gasteiger partial charge in [0.05, 0.1) is 27.4 Å². The number of carbonyl (C=O) groups is 2. The number of hydrogen-bond acceptors (Lipinski definition) is 10. The number of nitrogen functional groups attached to an aromatic ring is 1. The molecule has 1 fully saturated rings. The number of aliphatic hydroxyl groups is 1. The lowest BCUT2D eigenvalue weighted by molar-refractivity contribution is -0.200. The summed E-state index contributed by atoms with van der Waals surface area (Å²) >= 11 is 1.44. The molecule has 5 aromatic heterocycles. The van der Waals surface area contributed by atoms with Crippen molar-refractivity contribution in [3.05, 3.63) is 48.0 Å². The van der Waals surface area contributed by atoms with Gasteiger partial charge in [-0.2, -0.15) is 18.3 Å². The first kappa shape index (κ1) is 31.1. The van der Waals surface area contributed by atoms with Gasteiger partial charge in [0, 0.05) is 59.8 Å². The second-order valence-electron chi connectivity index (χ2n) is 11.3. The highest BCUT2D eigenvalue weighted by molar-refractivity contribution is 7.20. The smallest absolute Gasteiger partial charge is 0.452 e. The van der Waals surface area contributed by atoms with Crippen molar-refractivity contribution in [3.8, 4) is 34.3 Å². The molecule has 0 saturated carbocycles. The van der Waals surface area contributed by atoms with E-state index in [9.17, 15) is 27.9 Å². The highest BCUT2D eigenvalue weighted by Gasteiger charge is 2.41. The lowest BCUT2D eigenvalue weighted by Gasteiger charge is -2.32. The van der Waals surface area contributed by atoms with Crippen LogP contribution in [0.2, 0.25) is 0 Å². The monoisotopic (exact) mass is 652 g/mol. The van der Waals surface area contributed by atoms with Crippen molar-refractivity contribution in [1.29, 1.82) is 0 Å². The van der Waals surface area contributed by atoms with Gasteiger partial charge >= 0.3 is 12.1 Å². The van der Waals surface area contributed by atoms with Crippen molar-refractivity contribution in [2.75, 3.05) is 25.4 Å². The molecule has 5 aromatic rings. The third kappa shape index (κ3) is 6.26. The topological polar surface area (TPSA) is 150 Å². The Morgan fingerprint density at radius 2 is 1.96 bits per heavy atom. The Morgan fingerprint density at radius 3 is 2.67 bits per heavy atom. The third-order valence-corrected chi connectivity index (χ3v) is 8.53. The fourth-order valence-corrected chi connectivity index (χ4v) is 6.28. The highest BCUT2D eigenvalue weighted by atomic mass is 32.1. The molecule has 0 spiro atoms. The van der Waals surface area contributed by atoms with E-state index in [0.29, 0.717) is 34.4 Å². The number of nitrogens with two attached hydrogens (primary N) is 1. The molecule has 15 heteroatoms. The van der Waals surface area contributed by atoms with Gasteiger partial charge in [0.1, 0.15) is 11.4 Å². The van der Waals surface area contributed by atoms with Gasteiger partial charge < -0.3 is 24.9 Å². The van der Waals surface area contributed by atoms with Crippen LogP contribution in [0.5, 0.6) is 0 Å². The summed E-state index contributed by atoms with van der Waals surface area (Å²) in [6.45, 7) is 2.79. The number of halogens is 3. The molecule has 6 heterocycles. The molecule has 11 nitrogen and oxygen atoms in total. The first-order valence-electron chi connectivity index (χ1n) is 14.1. The molecule has 238 valence electrons. The van der Waals surface area contributed by atoms with Gasteiger partial charge in [0.2, 0.25) is 0 Å². The quantitative estimate of drug-likeness (QED) is 0.199. The second kappa shape index (κ2) is 11.8. The number of ether oxygens (including phenoxy) is 1. The number of fused-ring (bicyclic) bond motifs is 2. The summed E-state index contributed by atoms with van der Waals surface area (Å²) in [4.78, 5) is 33.9. The number of piperidine rings is 1. The summed E-state index contributed by atoms with van der Waals surface area (Å²) in [5.41, 5.74) is 7.69. The van der Waals surface area contributed by atoms with Crippen LogP contribution in [0.25, 0.3) is 43.5 Å². The Bertz CT molecular complexity index is 2020. The number of pyridine rings is 2. The Balaban J connectivity index is 1.25. The zero-order valence-corrected chi connectivity index (χ0v) is 25.4. The van der Waals surface area contributed by atoms with E-state index in [2.05, 4.69) is 31.6 Å². The predicted octanol–water partition coefficient (Wildman–Crippen LogP) is 4.94. The molecule has 0 atom stereocenters. The standard InChI is InChI=1S/C31H27F3N6O5S/c1-30(2,43)7-3-23-26(19-4-8-36-14-24(19)46-23)22-11-20-21(13-37-28(35)27(20)45-22)17-12-38-40(15-17)18-5-9-39(10-6-18)25(41)16-44-29(42)31(32,33)34/h4,8,11-15,18,43H,5-6,9-10,16H2,1-2H3,(H2,35,37). The Labute approximate surface area is 263 Å². The molecule has 46 heavy (non-hydrogen) atoms. The molecular formula is C31H27F3N6O5S. The molecule has 6 rings (SSSR count). The van der Waals surface area contributed by atoms with Gasteiger partial charge in [-0.15, -0.1) is 11.3 Å². The van der Waals surface area contributed by atoms with E-state index in [4.69, 9.17) is 10.2 Å². The average molecular weight is 653 g/mol. The van der Waals surface area contributed by atoms with Crippen LogP contribution in [-0.4, -0.2) is 73.1 Å². The molecule has 0 radical (unpaired) electrons. The number of furan rings is 1. The van der Waals surface area contributed by atoms with E-state index in [1.807, 2.05) is 18.3 Å². The van der Waals surface area contributed by atoms with Crippen LogP contribution in [0.3, 0.4) is 0 Å². The van der Waals surface area contributed by atoms with E-state index in [1.54, 1.807) is 43.3 Å². The number of rotatable bonds is 5. The third-order valence-electron chi connectivity index (χ3n) is 7.47. The maximum absolute atomic E-state index is 12.4. The molecule has 0 aliphatic carbocycles. The van der Waals surface area contributed by atoms with Gasteiger partial charge in [-0.05, 0) is 38.8 Å². The number of alkyl halides is 3. The van der Waals surface area contributed by atoms with E-state index >= 15 is 0 Å². The van der Waals surface area contributed by atoms with Crippen molar-refractivity contribution in [2.24, 2.45) is 0 Å². The maximum atomic E-state index is 12.4. The number of likely N-dealkylation sites (tertiary alicyclic amines) is 1. The van der Waals surface area contributed by atoms with Gasteiger partial charge in [-0.25, -0.2) is 9.78 Å². The minimum atomic E-state index is -5.15. The van der Waals surface area contributed by atoms with E-state index in [0.717, 1.165) is 26.8 Å². The van der Waals surface area contributed by atoms with Crippen LogP contribution < -0.4 is 5.73 Å². The fraction of sp³-hybridized carbons (Fsp3) is 0.323. The minimum absolute atomic E-state index is 0.0737. The lowest BCUT2D eigenvalue weighted by atomic mass is 10.0. The molecule has 1 aliphatic rings. The molecule has 1 amide bonds. The SMILES string of the molecule is CC(C)(O)C#Cc1sc2cnccc2c1-c1cc2c(-c3cnn(C4CCN(C(=O)COC(=O)C(F)(F)F)CC4)c3)cnc(N)c2o1. The van der Waals surface area contributed by atoms with Crippen LogP contribution in [-0.2, 0) is 14.3 Å². The van der Waals surface area contributed by atoms with Gasteiger partial charge in [0.25, 0.3) is 5.91 Å². The van der Waals surface area contributed by atoms with Crippen molar-refractivity contribution in [3.63, 3.8) is 0 Å². The summed E-state index contributed by atoms with van der Waals surface area (Å²) in [5, 5.41) is 16.4. The van der Waals surface area contributed by atoms with Crippen LogP contribution in [0.1, 0.15) is 37.6 Å². The number of amides is 1. The van der Waals surface area contributed by atoms with Gasteiger partial charge in [-0.3, -0.25) is 14.5 Å². The molecule has 1 saturated heterocycles. The fourth-order valence-electron chi connectivity index (χ4n) is 5.25. The second-order valence-corrected chi connectivity index (χ2v) is 12.3. The number of thiophene rings is 1. The Morgan fingerprint density at radius 1 is 1.20 bits per heavy atom. The number of carbonyl (C=O) groups excluding carboxylic acids is 2. The summed E-state index contributed by atoms with van der Waals surface area (Å²) in [5.74, 6) is 3.62. The summed E-state index contributed by atoms with van der Waals surface area (Å²) in [7, 11) is 0. The van der Waals surface area contributed by atoms with Gasteiger partial charge in [0.15, 0.2) is 18.0 Å². The van der Waals surface area contributed by atoms with Crippen LogP contribution in [0, 0.1) is 11.8 Å². The van der Waals surface area contributed by atoms with Crippen molar-refractivity contribution in [1.82, 2.24) is 24.6 Å². The van der Waals surface area contributed by atoms with E-state index < -0.39 is 30.3 Å². The zero-order valence-electron chi connectivity index (χ0n) is 24.6. The number of nitrogens with zero attached hydrogens (tertiary/aromatic N) is 5. The number of anilines is 1. The minimum Gasteiger partial charge on any atom is -0.452 e. The lowest BCUT2D eigenvalue weighted by Crippen LogP contribution is -2.42. The number of aromatic nitrogens is 4. The van der Waals surface area contributed by atoms with Crippen LogP contribution in [0.4, 0.5) is 19.0 Å². The van der Waals surface area contributed by atoms with Crippen molar-refractivity contribution in [2.45, 2.75) is 44.5 Å². The summed E-state index contributed by atoms with van der Waals surface area (Å²) < 4.78 is 50.2. The van der Waals surface area contributed by atoms with Gasteiger partial charge in [-0.1, -0.05) is 11.8 Å². The number of esters is 1. The zero-order chi connectivity index (χ0) is 32.8. The summed E-state index contributed by atoms with van der Waals surface area (Å²) in [6, 6.07) is 3.69. The maximum Gasteiger partial charge on any atom is 0.490 e. The van der Waals surface area contributed by atoms with E-state index in [-0.39, 0.29) is 24.9 Å². The van der Waals surface area contributed by atoms with Crippen LogP contribution in [0.15, 0.2) is 47.5 Å². The van der Waals surface area contributed by atoms with E-state index in [1.165, 1.54) is 16.2 Å².